The molecule has 1 aliphatic heterocycles. The first kappa shape index (κ1) is 28.7. The summed E-state index contributed by atoms with van der Waals surface area (Å²) in [5.41, 5.74) is 3.54. The van der Waals surface area contributed by atoms with Gasteiger partial charge in [0, 0.05) is 39.7 Å². The zero-order valence-electron chi connectivity index (χ0n) is 22.3. The Balaban J connectivity index is 1.48. The molecule has 11 heteroatoms. The number of ether oxygens (including phenoxy) is 2. The summed E-state index contributed by atoms with van der Waals surface area (Å²) >= 11 is 13.5. The molecule has 5 rings (SSSR count). The van der Waals surface area contributed by atoms with Crippen molar-refractivity contribution in [2.75, 3.05) is 17.9 Å². The van der Waals surface area contributed by atoms with Gasteiger partial charge in [-0.15, -0.1) is 0 Å². The van der Waals surface area contributed by atoms with E-state index >= 15 is 0 Å². The van der Waals surface area contributed by atoms with Crippen molar-refractivity contribution in [1.82, 2.24) is 14.9 Å². The number of rotatable bonds is 9. The van der Waals surface area contributed by atoms with Gasteiger partial charge in [0.2, 0.25) is 12.7 Å². The summed E-state index contributed by atoms with van der Waals surface area (Å²) < 4.78 is 10.9. The number of carbonyl (C=O) groups excluding carboxylic acids is 2. The maximum Gasteiger partial charge on any atom is 0.251 e. The van der Waals surface area contributed by atoms with Gasteiger partial charge in [0.15, 0.2) is 16.7 Å². The monoisotopic (exact) mass is 608 g/mol. The van der Waals surface area contributed by atoms with Gasteiger partial charge in [-0.1, -0.05) is 59.2 Å². The number of nitrogens with one attached hydrogen (secondary N) is 1. The van der Waals surface area contributed by atoms with Crippen LogP contribution in [-0.2, 0) is 16.1 Å². The summed E-state index contributed by atoms with van der Waals surface area (Å²) in [4.78, 5) is 38.3. The first-order valence-electron chi connectivity index (χ1n) is 12.7. The first-order chi connectivity index (χ1) is 19.7. The number of aryl methyl sites for hydroxylation is 2. The van der Waals surface area contributed by atoms with E-state index in [2.05, 4.69) is 15.3 Å². The Morgan fingerprint density at radius 2 is 1.54 bits per heavy atom. The average Bonchev–Trinajstić information content (AvgIpc) is 3.41. The Hall–Kier alpha value is -3.79. The largest absolute Gasteiger partial charge is 0.454 e. The van der Waals surface area contributed by atoms with E-state index in [0.717, 1.165) is 17.0 Å². The third kappa shape index (κ3) is 7.30. The second-order valence-corrected chi connectivity index (χ2v) is 11.2. The number of hydrogen-bond donors (Lipinski definition) is 1. The summed E-state index contributed by atoms with van der Waals surface area (Å²) in [6.07, 6.45) is 0. The molecule has 4 aromatic rings. The van der Waals surface area contributed by atoms with Crippen LogP contribution in [0.15, 0.2) is 78.0 Å². The molecule has 0 radical (unpaired) electrons. The molecule has 0 fully saturated rings. The summed E-state index contributed by atoms with van der Waals surface area (Å²) in [5.74, 6) is 0.486. The number of aromatic nitrogens is 2. The lowest BCUT2D eigenvalue weighted by Gasteiger charge is -2.31. The number of nitrogens with zero attached hydrogens (tertiary/aromatic N) is 3. The molecule has 0 saturated heterocycles. The molecule has 1 aromatic heterocycles. The van der Waals surface area contributed by atoms with Gasteiger partial charge in [-0.2, -0.15) is 0 Å². The SMILES string of the molecule is Cc1cc(C)nc(SCC(=O)N(Cc2ccc(Cl)cc2)C(C(=O)Nc2ccc3c(c2)OCO3)c2ccc(Cl)cc2)n1. The van der Waals surface area contributed by atoms with Crippen molar-refractivity contribution in [2.24, 2.45) is 0 Å². The van der Waals surface area contributed by atoms with Crippen LogP contribution in [0.5, 0.6) is 11.5 Å². The molecule has 2 amide bonds. The first-order valence-corrected chi connectivity index (χ1v) is 14.4. The number of amides is 2. The number of anilines is 1. The van der Waals surface area contributed by atoms with Crippen LogP contribution in [0, 0.1) is 13.8 Å². The molecule has 0 aliphatic carbocycles. The van der Waals surface area contributed by atoms with Crippen LogP contribution in [0.25, 0.3) is 0 Å². The lowest BCUT2D eigenvalue weighted by molar-refractivity contribution is -0.137. The van der Waals surface area contributed by atoms with Crippen LogP contribution in [0.4, 0.5) is 5.69 Å². The molecule has 41 heavy (non-hydrogen) atoms. The fourth-order valence-electron chi connectivity index (χ4n) is 4.38. The fraction of sp³-hybridized carbons (Fsp3) is 0.200. The number of thioether (sulfide) groups is 1. The van der Waals surface area contributed by atoms with E-state index in [4.69, 9.17) is 32.7 Å². The third-order valence-corrected chi connectivity index (χ3v) is 7.59. The van der Waals surface area contributed by atoms with Crippen molar-refractivity contribution in [3.05, 3.63) is 105 Å². The van der Waals surface area contributed by atoms with E-state index < -0.39 is 11.9 Å². The van der Waals surface area contributed by atoms with E-state index in [1.807, 2.05) is 32.0 Å². The quantitative estimate of drug-likeness (QED) is 0.168. The molecule has 8 nitrogen and oxygen atoms in total. The maximum absolute atomic E-state index is 14.0. The molecule has 210 valence electrons. The normalized spacial score (nSPS) is 12.6. The molecule has 1 N–H and O–H groups in total. The van der Waals surface area contributed by atoms with Crippen LogP contribution in [0.1, 0.15) is 28.6 Å². The van der Waals surface area contributed by atoms with Gasteiger partial charge in [0.25, 0.3) is 5.91 Å². The van der Waals surface area contributed by atoms with Crippen molar-refractivity contribution < 1.29 is 19.1 Å². The zero-order valence-corrected chi connectivity index (χ0v) is 24.6. The maximum atomic E-state index is 14.0. The summed E-state index contributed by atoms with van der Waals surface area (Å²) in [6.45, 7) is 4.03. The van der Waals surface area contributed by atoms with E-state index in [1.54, 1.807) is 59.5 Å². The van der Waals surface area contributed by atoms with Gasteiger partial charge in [-0.05, 0) is 67.4 Å². The van der Waals surface area contributed by atoms with Crippen LogP contribution in [0.2, 0.25) is 10.0 Å². The number of hydrogen-bond acceptors (Lipinski definition) is 7. The molecule has 0 spiro atoms. The lowest BCUT2D eigenvalue weighted by Crippen LogP contribution is -2.41. The van der Waals surface area contributed by atoms with E-state index in [9.17, 15) is 9.59 Å². The molecule has 1 aliphatic rings. The van der Waals surface area contributed by atoms with Crippen molar-refractivity contribution in [2.45, 2.75) is 31.6 Å². The van der Waals surface area contributed by atoms with Gasteiger partial charge in [0.05, 0.1) is 5.75 Å². The van der Waals surface area contributed by atoms with E-state index in [-0.39, 0.29) is 25.0 Å². The van der Waals surface area contributed by atoms with Crippen molar-refractivity contribution >= 4 is 52.5 Å². The molecule has 1 unspecified atom stereocenters. The minimum Gasteiger partial charge on any atom is -0.454 e. The number of fused-ring (bicyclic) bond motifs is 1. The molecule has 0 bridgehead atoms. The zero-order chi connectivity index (χ0) is 28.9. The van der Waals surface area contributed by atoms with E-state index in [1.165, 1.54) is 11.8 Å². The lowest BCUT2D eigenvalue weighted by atomic mass is 10.0. The predicted octanol–water partition coefficient (Wildman–Crippen LogP) is 6.63. The highest BCUT2D eigenvalue weighted by Gasteiger charge is 2.32. The summed E-state index contributed by atoms with van der Waals surface area (Å²) in [7, 11) is 0. The van der Waals surface area contributed by atoms with Gasteiger partial charge < -0.3 is 19.7 Å². The Bertz CT molecular complexity index is 1550. The summed E-state index contributed by atoms with van der Waals surface area (Å²) in [6, 6.07) is 20.1. The van der Waals surface area contributed by atoms with Crippen molar-refractivity contribution in [3.63, 3.8) is 0 Å². The minimum absolute atomic E-state index is 0.0257. The Labute approximate surface area is 252 Å². The Kier molecular flexibility index (Phi) is 8.97. The highest BCUT2D eigenvalue weighted by atomic mass is 35.5. The van der Waals surface area contributed by atoms with E-state index in [0.29, 0.717) is 38.0 Å². The third-order valence-electron chi connectivity index (χ3n) is 6.26. The molecule has 3 aromatic carbocycles. The second-order valence-electron chi connectivity index (χ2n) is 9.38. The number of halogens is 2. The minimum atomic E-state index is -0.985. The van der Waals surface area contributed by atoms with Crippen LogP contribution >= 0.6 is 35.0 Å². The van der Waals surface area contributed by atoms with Gasteiger partial charge in [-0.25, -0.2) is 9.97 Å². The predicted molar refractivity (Wildman–Crippen MR) is 160 cm³/mol. The highest BCUT2D eigenvalue weighted by molar-refractivity contribution is 7.99. The van der Waals surface area contributed by atoms with Gasteiger partial charge >= 0.3 is 0 Å². The standard InChI is InChI=1S/C30H26Cl2N4O4S/c1-18-13-19(2)34-30(33-18)41-16-27(37)36(15-20-3-7-22(31)8-4-20)28(21-5-9-23(32)10-6-21)29(38)35-24-11-12-25-26(14-24)40-17-39-25/h3-14,28H,15-17H2,1-2H3,(H,35,38). The van der Waals surface area contributed by atoms with Gasteiger partial charge in [-0.3, -0.25) is 9.59 Å². The van der Waals surface area contributed by atoms with Crippen LogP contribution < -0.4 is 14.8 Å². The number of benzene rings is 3. The van der Waals surface area contributed by atoms with Gasteiger partial charge in [0.1, 0.15) is 6.04 Å². The molecular formula is C30H26Cl2N4O4S. The molecule has 0 saturated carbocycles. The molecule has 1 atom stereocenters. The Morgan fingerprint density at radius 3 is 2.22 bits per heavy atom. The molecule has 2 heterocycles. The Morgan fingerprint density at radius 1 is 0.902 bits per heavy atom. The fourth-order valence-corrected chi connectivity index (χ4v) is 5.47. The second kappa shape index (κ2) is 12.8. The topological polar surface area (TPSA) is 93.7 Å². The molecular weight excluding hydrogens is 583 g/mol. The van der Waals surface area contributed by atoms with Crippen LogP contribution in [0.3, 0.4) is 0 Å². The highest BCUT2D eigenvalue weighted by Crippen LogP contribution is 2.35. The van der Waals surface area contributed by atoms with Crippen molar-refractivity contribution in [3.8, 4) is 11.5 Å². The number of carbonyl (C=O) groups is 2. The smallest absolute Gasteiger partial charge is 0.251 e. The van der Waals surface area contributed by atoms with Crippen molar-refractivity contribution in [1.29, 1.82) is 0 Å². The van der Waals surface area contributed by atoms with Crippen LogP contribution in [-0.4, -0.2) is 39.2 Å². The summed E-state index contributed by atoms with van der Waals surface area (Å²) in [5, 5.41) is 4.53. The average molecular weight is 610 g/mol.